The summed E-state index contributed by atoms with van der Waals surface area (Å²) in [6, 6.07) is 3.13. The van der Waals surface area contributed by atoms with Gasteiger partial charge in [-0.2, -0.15) is 0 Å². The number of rotatable bonds is 4. The quantitative estimate of drug-likeness (QED) is 0.867. The molecule has 0 atom stereocenters. The summed E-state index contributed by atoms with van der Waals surface area (Å²) in [7, 11) is -3.40. The molecule has 1 N–H and O–H groups in total. The normalized spacial score (nSPS) is 17.4. The Balaban J connectivity index is 2.33. The van der Waals surface area contributed by atoms with Gasteiger partial charge in [-0.3, -0.25) is 0 Å². The third-order valence-corrected chi connectivity index (χ3v) is 5.73. The van der Waals surface area contributed by atoms with Crippen LogP contribution in [0.4, 0.5) is 4.39 Å². The van der Waals surface area contributed by atoms with Gasteiger partial charge in [-0.1, -0.05) is 0 Å². The van der Waals surface area contributed by atoms with E-state index in [4.69, 9.17) is 0 Å². The molecule has 0 aromatic heterocycles. The predicted molar refractivity (Wildman–Crippen MR) is 80.6 cm³/mol. The standard InChI is InChI=1S/C14H20FNO2S2/c1-19-14-12(15)8-11(9-13(14)20(2,17)18)7-10-3-5-16-6-4-10/h8-10,16H,3-7H2,1-2H3. The highest BCUT2D eigenvalue weighted by molar-refractivity contribution is 7.99. The molecule has 0 unspecified atom stereocenters. The Morgan fingerprint density at radius 3 is 2.55 bits per heavy atom. The summed E-state index contributed by atoms with van der Waals surface area (Å²) in [6.45, 7) is 1.96. The molecule has 1 heterocycles. The fourth-order valence-electron chi connectivity index (χ4n) is 2.63. The van der Waals surface area contributed by atoms with E-state index in [9.17, 15) is 12.8 Å². The minimum absolute atomic E-state index is 0.119. The molecule has 6 heteroatoms. The van der Waals surface area contributed by atoms with E-state index in [1.165, 1.54) is 6.07 Å². The molecule has 0 spiro atoms. The second-order valence-electron chi connectivity index (χ2n) is 5.28. The maximum atomic E-state index is 14.1. The van der Waals surface area contributed by atoms with Gasteiger partial charge in [-0.25, -0.2) is 12.8 Å². The highest BCUT2D eigenvalue weighted by Crippen LogP contribution is 2.30. The fourth-order valence-corrected chi connectivity index (χ4v) is 4.65. The number of halogens is 1. The van der Waals surface area contributed by atoms with Crippen molar-refractivity contribution in [3.05, 3.63) is 23.5 Å². The van der Waals surface area contributed by atoms with Gasteiger partial charge in [0.15, 0.2) is 9.84 Å². The van der Waals surface area contributed by atoms with Crippen molar-refractivity contribution in [2.45, 2.75) is 29.1 Å². The minimum atomic E-state index is -3.40. The molecule has 0 radical (unpaired) electrons. The largest absolute Gasteiger partial charge is 0.317 e. The van der Waals surface area contributed by atoms with E-state index in [1.807, 2.05) is 0 Å². The number of thioether (sulfide) groups is 1. The van der Waals surface area contributed by atoms with Gasteiger partial charge in [0, 0.05) is 6.26 Å². The van der Waals surface area contributed by atoms with Crippen molar-refractivity contribution in [2.24, 2.45) is 5.92 Å². The maximum absolute atomic E-state index is 14.1. The van der Waals surface area contributed by atoms with Gasteiger partial charge in [0.25, 0.3) is 0 Å². The van der Waals surface area contributed by atoms with Crippen molar-refractivity contribution in [3.8, 4) is 0 Å². The van der Waals surface area contributed by atoms with Crippen molar-refractivity contribution in [2.75, 3.05) is 25.6 Å². The van der Waals surface area contributed by atoms with Crippen molar-refractivity contribution >= 4 is 21.6 Å². The van der Waals surface area contributed by atoms with Crippen LogP contribution in [0.25, 0.3) is 0 Å². The fraction of sp³-hybridized carbons (Fsp3) is 0.571. The van der Waals surface area contributed by atoms with E-state index in [0.717, 1.165) is 55.9 Å². The lowest BCUT2D eigenvalue weighted by Gasteiger charge is -2.23. The Kier molecular flexibility index (Phi) is 5.09. The topological polar surface area (TPSA) is 46.2 Å². The SMILES string of the molecule is CSc1c(F)cc(CC2CCNCC2)cc1S(C)(=O)=O. The molecular weight excluding hydrogens is 297 g/mol. The predicted octanol–water partition coefficient (Wildman–Crippen LogP) is 2.49. The van der Waals surface area contributed by atoms with E-state index < -0.39 is 15.7 Å². The average molecular weight is 317 g/mol. The summed E-state index contributed by atoms with van der Waals surface area (Å²) in [5.41, 5.74) is 0.785. The van der Waals surface area contributed by atoms with Crippen molar-refractivity contribution < 1.29 is 12.8 Å². The van der Waals surface area contributed by atoms with Gasteiger partial charge in [-0.15, -0.1) is 11.8 Å². The number of sulfone groups is 1. The van der Waals surface area contributed by atoms with E-state index in [-0.39, 0.29) is 9.79 Å². The van der Waals surface area contributed by atoms with Crippen LogP contribution in [0.15, 0.2) is 21.9 Å². The molecule has 1 saturated heterocycles. The van der Waals surface area contributed by atoms with Gasteiger partial charge >= 0.3 is 0 Å². The first-order valence-corrected chi connectivity index (χ1v) is 9.80. The summed E-state index contributed by atoms with van der Waals surface area (Å²) >= 11 is 1.14. The van der Waals surface area contributed by atoms with Crippen LogP contribution in [0.5, 0.6) is 0 Å². The molecule has 1 aromatic carbocycles. The van der Waals surface area contributed by atoms with E-state index in [0.29, 0.717) is 5.92 Å². The minimum Gasteiger partial charge on any atom is -0.317 e. The van der Waals surface area contributed by atoms with Crippen LogP contribution < -0.4 is 5.32 Å². The number of benzene rings is 1. The summed E-state index contributed by atoms with van der Waals surface area (Å²) in [6.07, 6.45) is 5.69. The zero-order valence-electron chi connectivity index (χ0n) is 11.8. The van der Waals surface area contributed by atoms with E-state index >= 15 is 0 Å². The van der Waals surface area contributed by atoms with Gasteiger partial charge in [0.05, 0.1) is 9.79 Å². The first-order valence-electron chi connectivity index (χ1n) is 6.69. The molecule has 0 aliphatic carbocycles. The third kappa shape index (κ3) is 3.74. The Hall–Kier alpha value is -0.590. The Morgan fingerprint density at radius 2 is 2.00 bits per heavy atom. The smallest absolute Gasteiger partial charge is 0.176 e. The molecule has 2 rings (SSSR count). The number of hydrogen-bond donors (Lipinski definition) is 1. The summed E-state index contributed by atoms with van der Waals surface area (Å²) in [5, 5.41) is 3.29. The number of hydrogen-bond acceptors (Lipinski definition) is 4. The lowest BCUT2D eigenvalue weighted by Crippen LogP contribution is -2.28. The lowest BCUT2D eigenvalue weighted by molar-refractivity contribution is 0.372. The van der Waals surface area contributed by atoms with Crippen LogP contribution in [0, 0.1) is 11.7 Å². The van der Waals surface area contributed by atoms with Crippen molar-refractivity contribution in [3.63, 3.8) is 0 Å². The van der Waals surface area contributed by atoms with E-state index in [1.54, 1.807) is 12.3 Å². The Bertz CT molecular complexity index is 581. The van der Waals surface area contributed by atoms with Crippen LogP contribution in [0.3, 0.4) is 0 Å². The second-order valence-corrected chi connectivity index (χ2v) is 8.08. The summed E-state index contributed by atoms with van der Waals surface area (Å²) in [5.74, 6) is 0.0764. The summed E-state index contributed by atoms with van der Waals surface area (Å²) < 4.78 is 37.7. The summed E-state index contributed by atoms with van der Waals surface area (Å²) in [4.78, 5) is 0.343. The van der Waals surface area contributed by atoms with Crippen LogP contribution in [-0.2, 0) is 16.3 Å². The molecular formula is C14H20FNO2S2. The van der Waals surface area contributed by atoms with Crippen LogP contribution in [0.2, 0.25) is 0 Å². The number of piperidine rings is 1. The van der Waals surface area contributed by atoms with Crippen molar-refractivity contribution in [1.29, 1.82) is 0 Å². The van der Waals surface area contributed by atoms with Crippen molar-refractivity contribution in [1.82, 2.24) is 5.32 Å². The Labute approximate surface area is 124 Å². The highest BCUT2D eigenvalue weighted by atomic mass is 32.2. The molecule has 20 heavy (non-hydrogen) atoms. The second kappa shape index (κ2) is 6.45. The Morgan fingerprint density at radius 1 is 1.35 bits per heavy atom. The zero-order chi connectivity index (χ0) is 14.8. The van der Waals surface area contributed by atoms with Gasteiger partial charge in [0.1, 0.15) is 5.82 Å². The monoisotopic (exact) mass is 317 g/mol. The molecule has 1 aliphatic heterocycles. The molecule has 0 amide bonds. The molecule has 0 bridgehead atoms. The average Bonchev–Trinajstić information content (AvgIpc) is 2.38. The van der Waals surface area contributed by atoms with Crippen LogP contribution >= 0.6 is 11.8 Å². The highest BCUT2D eigenvalue weighted by Gasteiger charge is 2.20. The molecule has 112 valence electrons. The molecule has 0 saturated carbocycles. The molecule has 3 nitrogen and oxygen atoms in total. The lowest BCUT2D eigenvalue weighted by atomic mass is 9.91. The zero-order valence-corrected chi connectivity index (χ0v) is 13.4. The first kappa shape index (κ1) is 15.8. The van der Waals surface area contributed by atoms with Gasteiger partial charge in [-0.05, 0) is 62.2 Å². The first-order chi connectivity index (χ1) is 9.41. The van der Waals surface area contributed by atoms with Crippen LogP contribution in [0.1, 0.15) is 18.4 Å². The molecule has 1 aromatic rings. The molecule has 1 aliphatic rings. The molecule has 1 fully saturated rings. The van der Waals surface area contributed by atoms with Gasteiger partial charge in [0.2, 0.25) is 0 Å². The van der Waals surface area contributed by atoms with Gasteiger partial charge < -0.3 is 5.32 Å². The third-order valence-electron chi connectivity index (χ3n) is 3.66. The maximum Gasteiger partial charge on any atom is 0.176 e. The van der Waals surface area contributed by atoms with Crippen LogP contribution in [-0.4, -0.2) is 34.0 Å². The van der Waals surface area contributed by atoms with E-state index in [2.05, 4.69) is 5.32 Å². The number of nitrogens with one attached hydrogen (secondary N) is 1.